The molecule has 0 saturated carbocycles. The van der Waals surface area contributed by atoms with E-state index in [-0.39, 0.29) is 18.6 Å². The topological polar surface area (TPSA) is 20.2 Å². The van der Waals surface area contributed by atoms with Crippen LogP contribution in [0.5, 0.6) is 0 Å². The molecule has 0 radical (unpaired) electrons. The summed E-state index contributed by atoms with van der Waals surface area (Å²) in [5, 5.41) is 8.60. The first-order valence-corrected chi connectivity index (χ1v) is 4.22. The SMILES string of the molecule is Cc1ccc(CCO)cc1C(F)(F)F. The number of aryl methyl sites for hydroxylation is 1. The van der Waals surface area contributed by atoms with Crippen LogP contribution >= 0.6 is 0 Å². The third kappa shape index (κ3) is 2.48. The van der Waals surface area contributed by atoms with E-state index in [2.05, 4.69) is 0 Å². The Labute approximate surface area is 80.2 Å². The zero-order valence-corrected chi connectivity index (χ0v) is 7.73. The molecule has 1 nitrogen and oxygen atoms in total. The van der Waals surface area contributed by atoms with Crippen molar-refractivity contribution in [2.24, 2.45) is 0 Å². The normalized spacial score (nSPS) is 11.8. The second-order valence-electron chi connectivity index (χ2n) is 3.12. The summed E-state index contributed by atoms with van der Waals surface area (Å²) in [6.07, 6.45) is -4.06. The van der Waals surface area contributed by atoms with Crippen LogP contribution in [0, 0.1) is 6.92 Å². The Hall–Kier alpha value is -1.03. The van der Waals surface area contributed by atoms with Crippen molar-refractivity contribution in [3.8, 4) is 0 Å². The van der Waals surface area contributed by atoms with E-state index >= 15 is 0 Å². The number of alkyl halides is 3. The summed E-state index contributed by atoms with van der Waals surface area (Å²) in [5.74, 6) is 0. The third-order valence-corrected chi connectivity index (χ3v) is 2.01. The summed E-state index contributed by atoms with van der Waals surface area (Å²) >= 11 is 0. The first-order chi connectivity index (χ1) is 6.45. The van der Waals surface area contributed by atoms with E-state index in [0.717, 1.165) is 6.07 Å². The van der Waals surface area contributed by atoms with Gasteiger partial charge in [-0.2, -0.15) is 13.2 Å². The zero-order valence-electron chi connectivity index (χ0n) is 7.73. The predicted molar refractivity (Wildman–Crippen MR) is 47.0 cm³/mol. The fourth-order valence-electron chi connectivity index (χ4n) is 1.26. The van der Waals surface area contributed by atoms with Crippen LogP contribution in [0.25, 0.3) is 0 Å². The van der Waals surface area contributed by atoms with E-state index < -0.39 is 11.7 Å². The minimum absolute atomic E-state index is 0.139. The molecule has 4 heteroatoms. The van der Waals surface area contributed by atoms with Gasteiger partial charge in [0, 0.05) is 6.61 Å². The van der Waals surface area contributed by atoms with Crippen molar-refractivity contribution in [3.63, 3.8) is 0 Å². The van der Waals surface area contributed by atoms with Gasteiger partial charge in [0.2, 0.25) is 0 Å². The summed E-state index contributed by atoms with van der Waals surface area (Å²) in [5.41, 5.74) is 0.0908. The lowest BCUT2D eigenvalue weighted by atomic mass is 10.0. The molecule has 0 aliphatic heterocycles. The third-order valence-electron chi connectivity index (χ3n) is 2.01. The van der Waals surface area contributed by atoms with Crippen LogP contribution in [0.2, 0.25) is 0 Å². The van der Waals surface area contributed by atoms with Gasteiger partial charge >= 0.3 is 6.18 Å². The smallest absolute Gasteiger partial charge is 0.396 e. The number of benzene rings is 1. The van der Waals surface area contributed by atoms with Crippen molar-refractivity contribution in [2.45, 2.75) is 19.5 Å². The van der Waals surface area contributed by atoms with Crippen LogP contribution in [-0.2, 0) is 12.6 Å². The molecule has 14 heavy (non-hydrogen) atoms. The maximum atomic E-state index is 12.4. The van der Waals surface area contributed by atoms with Gasteiger partial charge in [0.1, 0.15) is 0 Å². The number of aliphatic hydroxyl groups is 1. The lowest BCUT2D eigenvalue weighted by Gasteiger charge is -2.11. The second-order valence-corrected chi connectivity index (χ2v) is 3.12. The summed E-state index contributed by atoms with van der Waals surface area (Å²) < 4.78 is 37.2. The van der Waals surface area contributed by atoms with Crippen LogP contribution in [-0.4, -0.2) is 11.7 Å². The number of rotatable bonds is 2. The van der Waals surface area contributed by atoms with E-state index in [1.54, 1.807) is 6.07 Å². The van der Waals surface area contributed by atoms with Gasteiger partial charge < -0.3 is 5.11 Å². The van der Waals surface area contributed by atoms with Gasteiger partial charge in [0.05, 0.1) is 5.56 Å². The first kappa shape index (κ1) is 11.0. The van der Waals surface area contributed by atoms with Crippen molar-refractivity contribution in [2.75, 3.05) is 6.61 Å². The van der Waals surface area contributed by atoms with E-state index in [1.165, 1.54) is 13.0 Å². The number of hydrogen-bond acceptors (Lipinski definition) is 1. The Balaban J connectivity index is 3.09. The molecule has 1 aromatic carbocycles. The average molecular weight is 204 g/mol. The van der Waals surface area contributed by atoms with Crippen molar-refractivity contribution >= 4 is 0 Å². The summed E-state index contributed by atoms with van der Waals surface area (Å²) in [4.78, 5) is 0. The monoisotopic (exact) mass is 204 g/mol. The van der Waals surface area contributed by atoms with E-state index in [1.807, 2.05) is 0 Å². The number of aliphatic hydroxyl groups excluding tert-OH is 1. The molecule has 0 aliphatic carbocycles. The van der Waals surface area contributed by atoms with Crippen molar-refractivity contribution in [1.82, 2.24) is 0 Å². The first-order valence-electron chi connectivity index (χ1n) is 4.22. The van der Waals surface area contributed by atoms with E-state index in [0.29, 0.717) is 5.56 Å². The lowest BCUT2D eigenvalue weighted by molar-refractivity contribution is -0.138. The molecule has 0 amide bonds. The standard InChI is InChI=1S/C10H11F3O/c1-7-2-3-8(4-5-14)6-9(7)10(11,12)13/h2-3,6,14H,4-5H2,1H3. The Morgan fingerprint density at radius 1 is 1.29 bits per heavy atom. The fourth-order valence-corrected chi connectivity index (χ4v) is 1.26. The molecule has 78 valence electrons. The van der Waals surface area contributed by atoms with Crippen LogP contribution in [0.3, 0.4) is 0 Å². The van der Waals surface area contributed by atoms with Crippen LogP contribution in [0.4, 0.5) is 13.2 Å². The molecule has 0 aromatic heterocycles. The van der Waals surface area contributed by atoms with Gasteiger partial charge in [-0.25, -0.2) is 0 Å². The highest BCUT2D eigenvalue weighted by Gasteiger charge is 2.32. The van der Waals surface area contributed by atoms with Crippen molar-refractivity contribution in [1.29, 1.82) is 0 Å². The van der Waals surface area contributed by atoms with Crippen LogP contribution in [0.1, 0.15) is 16.7 Å². The number of halogens is 3. The predicted octanol–water partition coefficient (Wildman–Crippen LogP) is 2.55. The van der Waals surface area contributed by atoms with Crippen molar-refractivity contribution in [3.05, 3.63) is 34.9 Å². The van der Waals surface area contributed by atoms with Gasteiger partial charge in [-0.15, -0.1) is 0 Å². The minimum atomic E-state index is -4.31. The quantitative estimate of drug-likeness (QED) is 0.784. The average Bonchev–Trinajstić information content (AvgIpc) is 2.07. The molecule has 0 bridgehead atoms. The molecule has 0 saturated heterocycles. The Kier molecular flexibility index (Phi) is 3.16. The Morgan fingerprint density at radius 3 is 2.43 bits per heavy atom. The molecular weight excluding hydrogens is 193 g/mol. The van der Waals surface area contributed by atoms with Gasteiger partial charge in [-0.05, 0) is 30.5 Å². The lowest BCUT2D eigenvalue weighted by Crippen LogP contribution is -2.08. The highest BCUT2D eigenvalue weighted by Crippen LogP contribution is 2.32. The largest absolute Gasteiger partial charge is 0.416 e. The Morgan fingerprint density at radius 2 is 1.93 bits per heavy atom. The maximum Gasteiger partial charge on any atom is 0.416 e. The molecule has 1 N–H and O–H groups in total. The molecule has 0 fully saturated rings. The van der Waals surface area contributed by atoms with E-state index in [4.69, 9.17) is 5.11 Å². The van der Waals surface area contributed by atoms with Gasteiger partial charge in [0.15, 0.2) is 0 Å². The summed E-state index contributed by atoms with van der Waals surface area (Å²) in [7, 11) is 0. The summed E-state index contributed by atoms with van der Waals surface area (Å²) in [6, 6.07) is 4.11. The zero-order chi connectivity index (χ0) is 10.8. The van der Waals surface area contributed by atoms with E-state index in [9.17, 15) is 13.2 Å². The molecule has 0 aliphatic rings. The van der Waals surface area contributed by atoms with Gasteiger partial charge in [-0.3, -0.25) is 0 Å². The minimum Gasteiger partial charge on any atom is -0.396 e. The Bertz CT molecular complexity index is 318. The van der Waals surface area contributed by atoms with Crippen LogP contribution in [0.15, 0.2) is 18.2 Å². The van der Waals surface area contributed by atoms with Gasteiger partial charge in [0.25, 0.3) is 0 Å². The summed E-state index contributed by atoms with van der Waals surface area (Å²) in [6.45, 7) is 1.28. The molecule has 0 heterocycles. The maximum absolute atomic E-state index is 12.4. The molecule has 0 unspecified atom stereocenters. The molecular formula is C10H11F3O. The number of hydrogen-bond donors (Lipinski definition) is 1. The molecule has 1 aromatic rings. The van der Waals surface area contributed by atoms with Gasteiger partial charge in [-0.1, -0.05) is 12.1 Å². The molecule has 0 spiro atoms. The fraction of sp³-hybridized carbons (Fsp3) is 0.400. The highest BCUT2D eigenvalue weighted by molar-refractivity contribution is 5.33. The highest BCUT2D eigenvalue weighted by atomic mass is 19.4. The molecule has 0 atom stereocenters. The van der Waals surface area contributed by atoms with Crippen molar-refractivity contribution < 1.29 is 18.3 Å². The second kappa shape index (κ2) is 4.00. The molecule has 1 rings (SSSR count). The van der Waals surface area contributed by atoms with Crippen LogP contribution < -0.4 is 0 Å².